The van der Waals surface area contributed by atoms with Crippen molar-refractivity contribution in [1.82, 2.24) is 20.0 Å². The van der Waals surface area contributed by atoms with Crippen molar-refractivity contribution in [3.05, 3.63) is 34.9 Å². The van der Waals surface area contributed by atoms with E-state index in [9.17, 15) is 9.59 Å². The fraction of sp³-hybridized carbons (Fsp3) is 0.609. The van der Waals surface area contributed by atoms with Gasteiger partial charge in [0, 0.05) is 63.8 Å². The van der Waals surface area contributed by atoms with Gasteiger partial charge in [0.1, 0.15) is 0 Å². The van der Waals surface area contributed by atoms with Gasteiger partial charge in [-0.05, 0) is 37.0 Å². The zero-order valence-electron chi connectivity index (χ0n) is 19.1. The number of carbonyl (C=O) groups excluding carboxylic acids is 2. The van der Waals surface area contributed by atoms with Crippen molar-refractivity contribution in [3.63, 3.8) is 0 Å². The van der Waals surface area contributed by atoms with Crippen molar-refractivity contribution in [2.45, 2.75) is 45.1 Å². The molecule has 9 heteroatoms. The molecule has 1 aromatic carbocycles. The third-order valence-electron chi connectivity index (χ3n) is 6.17. The van der Waals surface area contributed by atoms with Gasteiger partial charge in [-0.25, -0.2) is 0 Å². The van der Waals surface area contributed by atoms with Gasteiger partial charge >= 0.3 is 0 Å². The van der Waals surface area contributed by atoms with Crippen LogP contribution in [0, 0.1) is 0 Å². The lowest BCUT2D eigenvalue weighted by molar-refractivity contribution is -0.132. The van der Waals surface area contributed by atoms with Gasteiger partial charge in [0.25, 0.3) is 0 Å². The van der Waals surface area contributed by atoms with Crippen molar-refractivity contribution in [2.75, 3.05) is 46.3 Å². The van der Waals surface area contributed by atoms with E-state index in [4.69, 9.17) is 11.6 Å². The molecular formula is C23H35ClIN5O2. The molecule has 0 aliphatic carbocycles. The van der Waals surface area contributed by atoms with E-state index in [1.165, 1.54) is 0 Å². The Morgan fingerprint density at radius 2 is 1.91 bits per heavy atom. The van der Waals surface area contributed by atoms with E-state index in [1.54, 1.807) is 7.05 Å². The molecule has 1 unspecified atom stereocenters. The predicted molar refractivity (Wildman–Crippen MR) is 140 cm³/mol. The highest BCUT2D eigenvalue weighted by Gasteiger charge is 2.27. The van der Waals surface area contributed by atoms with E-state index in [-0.39, 0.29) is 35.8 Å². The van der Waals surface area contributed by atoms with Gasteiger partial charge in [-0.15, -0.1) is 24.0 Å². The molecule has 7 nitrogen and oxygen atoms in total. The molecule has 2 aliphatic heterocycles. The van der Waals surface area contributed by atoms with Gasteiger partial charge in [-0.2, -0.15) is 0 Å². The maximum atomic E-state index is 12.6. The summed E-state index contributed by atoms with van der Waals surface area (Å²) < 4.78 is 0. The minimum atomic E-state index is 0. The molecule has 1 aromatic rings. The number of rotatable bonds is 7. The first kappa shape index (κ1) is 26.7. The molecule has 2 aliphatic rings. The fourth-order valence-corrected chi connectivity index (χ4v) is 4.63. The van der Waals surface area contributed by atoms with E-state index in [0.29, 0.717) is 37.0 Å². The van der Waals surface area contributed by atoms with E-state index in [0.717, 1.165) is 57.0 Å². The van der Waals surface area contributed by atoms with Crippen molar-refractivity contribution in [3.8, 4) is 0 Å². The first-order chi connectivity index (χ1) is 15.0. The number of benzene rings is 1. The van der Waals surface area contributed by atoms with Crippen molar-refractivity contribution < 1.29 is 9.59 Å². The average Bonchev–Trinajstić information content (AvgIpc) is 3.20. The summed E-state index contributed by atoms with van der Waals surface area (Å²) in [4.78, 5) is 35.2. The van der Waals surface area contributed by atoms with Crippen LogP contribution in [0.4, 0.5) is 0 Å². The second kappa shape index (κ2) is 13.2. The number of amides is 2. The standard InChI is InChI=1S/C23H34ClN5O2.HI/c1-3-20(29-11-5-8-21(29)30)9-10-26-23(25-2)28-14-12-27(13-15-28)22(31)17-18-6-4-7-19(24)16-18;/h4,6-7,16,20H,3,5,8-15,17H2,1-2H3,(H,25,26);1H. The molecule has 1 atom stereocenters. The van der Waals surface area contributed by atoms with Crippen LogP contribution in [-0.2, 0) is 16.0 Å². The highest BCUT2D eigenvalue weighted by molar-refractivity contribution is 14.0. The number of piperazine rings is 1. The number of carbonyl (C=O) groups is 2. The number of aliphatic imine (C=N–C) groups is 1. The third-order valence-corrected chi connectivity index (χ3v) is 6.41. The SMILES string of the molecule is CCC(CCNC(=NC)N1CCN(C(=O)Cc2cccc(Cl)c2)CC1)N1CCCC1=O.I. The second-order valence-electron chi connectivity index (χ2n) is 8.19. The van der Waals surface area contributed by atoms with E-state index in [1.807, 2.05) is 34.1 Å². The number of hydrogen-bond donors (Lipinski definition) is 1. The smallest absolute Gasteiger partial charge is 0.227 e. The summed E-state index contributed by atoms with van der Waals surface area (Å²) in [6.07, 6.45) is 3.93. The summed E-state index contributed by atoms with van der Waals surface area (Å²) in [5.74, 6) is 1.28. The van der Waals surface area contributed by atoms with E-state index >= 15 is 0 Å². The van der Waals surface area contributed by atoms with E-state index < -0.39 is 0 Å². The third kappa shape index (κ3) is 7.23. The molecular weight excluding hydrogens is 541 g/mol. The summed E-state index contributed by atoms with van der Waals surface area (Å²) in [5.41, 5.74) is 0.944. The Labute approximate surface area is 213 Å². The molecule has 178 valence electrons. The largest absolute Gasteiger partial charge is 0.356 e. The average molecular weight is 576 g/mol. The zero-order chi connectivity index (χ0) is 22.2. The van der Waals surface area contributed by atoms with Gasteiger partial charge in [0.05, 0.1) is 6.42 Å². The van der Waals surface area contributed by atoms with Crippen LogP contribution in [0.15, 0.2) is 29.3 Å². The summed E-state index contributed by atoms with van der Waals surface area (Å²) >= 11 is 6.03. The highest BCUT2D eigenvalue weighted by atomic mass is 127. The lowest BCUT2D eigenvalue weighted by Crippen LogP contribution is -2.54. The maximum absolute atomic E-state index is 12.6. The van der Waals surface area contributed by atoms with Crippen LogP contribution in [0.25, 0.3) is 0 Å². The van der Waals surface area contributed by atoms with Gasteiger partial charge < -0.3 is 20.0 Å². The highest BCUT2D eigenvalue weighted by Crippen LogP contribution is 2.18. The van der Waals surface area contributed by atoms with Gasteiger partial charge in [0.15, 0.2) is 5.96 Å². The van der Waals surface area contributed by atoms with E-state index in [2.05, 4.69) is 22.1 Å². The molecule has 0 spiro atoms. The Morgan fingerprint density at radius 3 is 2.50 bits per heavy atom. The van der Waals surface area contributed by atoms with Crippen LogP contribution in [-0.4, -0.2) is 84.8 Å². The Kier molecular flexibility index (Phi) is 11.0. The van der Waals surface area contributed by atoms with Crippen LogP contribution < -0.4 is 5.32 Å². The lowest BCUT2D eigenvalue weighted by atomic mass is 10.1. The molecule has 2 fully saturated rings. The fourth-order valence-electron chi connectivity index (χ4n) is 4.42. The Hall–Kier alpha value is -1.55. The van der Waals surface area contributed by atoms with Crippen LogP contribution in [0.3, 0.4) is 0 Å². The molecule has 3 rings (SSSR count). The summed E-state index contributed by atoms with van der Waals surface area (Å²) in [5, 5.41) is 4.11. The van der Waals surface area contributed by atoms with Crippen LogP contribution in [0.5, 0.6) is 0 Å². The van der Waals surface area contributed by atoms with Crippen molar-refractivity contribution in [2.24, 2.45) is 4.99 Å². The number of guanidine groups is 1. The minimum Gasteiger partial charge on any atom is -0.356 e. The minimum absolute atomic E-state index is 0. The number of halogens is 2. The van der Waals surface area contributed by atoms with Crippen LogP contribution in [0.1, 0.15) is 38.2 Å². The molecule has 0 radical (unpaired) electrons. The molecule has 2 amide bonds. The normalized spacial score (nSPS) is 17.9. The maximum Gasteiger partial charge on any atom is 0.227 e. The summed E-state index contributed by atoms with van der Waals surface area (Å²) in [7, 11) is 1.79. The molecule has 2 saturated heterocycles. The second-order valence-corrected chi connectivity index (χ2v) is 8.63. The number of likely N-dealkylation sites (tertiary alicyclic amines) is 1. The Bertz CT molecular complexity index is 798. The zero-order valence-corrected chi connectivity index (χ0v) is 22.1. The number of nitrogens with one attached hydrogen (secondary N) is 1. The Balaban J connectivity index is 0.00000363. The summed E-state index contributed by atoms with van der Waals surface area (Å²) in [6, 6.07) is 7.77. The molecule has 0 saturated carbocycles. The van der Waals surface area contributed by atoms with Crippen molar-refractivity contribution >= 4 is 53.4 Å². The first-order valence-electron chi connectivity index (χ1n) is 11.3. The van der Waals surface area contributed by atoms with Gasteiger partial charge in [0.2, 0.25) is 11.8 Å². The lowest BCUT2D eigenvalue weighted by Gasteiger charge is -2.37. The topological polar surface area (TPSA) is 68.2 Å². The summed E-state index contributed by atoms with van der Waals surface area (Å²) in [6.45, 7) is 6.68. The monoisotopic (exact) mass is 575 g/mol. The number of nitrogens with zero attached hydrogens (tertiary/aromatic N) is 4. The Morgan fingerprint density at radius 1 is 1.19 bits per heavy atom. The number of hydrogen-bond acceptors (Lipinski definition) is 3. The quantitative estimate of drug-likeness (QED) is 0.308. The van der Waals surface area contributed by atoms with Gasteiger partial charge in [-0.1, -0.05) is 30.7 Å². The van der Waals surface area contributed by atoms with Gasteiger partial charge in [-0.3, -0.25) is 14.6 Å². The molecule has 0 aromatic heterocycles. The molecule has 32 heavy (non-hydrogen) atoms. The first-order valence-corrected chi connectivity index (χ1v) is 11.7. The molecule has 0 bridgehead atoms. The molecule has 1 N–H and O–H groups in total. The van der Waals surface area contributed by atoms with Crippen LogP contribution >= 0.6 is 35.6 Å². The van der Waals surface area contributed by atoms with Crippen molar-refractivity contribution in [1.29, 1.82) is 0 Å². The van der Waals surface area contributed by atoms with Crippen LogP contribution in [0.2, 0.25) is 5.02 Å². The molecule has 2 heterocycles. The predicted octanol–water partition coefficient (Wildman–Crippen LogP) is 3.01.